The van der Waals surface area contributed by atoms with Crippen molar-refractivity contribution in [1.29, 1.82) is 0 Å². The fourth-order valence-electron chi connectivity index (χ4n) is 2.76. The third-order valence-corrected chi connectivity index (χ3v) is 4.26. The summed E-state index contributed by atoms with van der Waals surface area (Å²) >= 11 is 0. The Bertz CT molecular complexity index is 772. The lowest BCUT2D eigenvalue weighted by Gasteiger charge is -2.26. The van der Waals surface area contributed by atoms with E-state index in [1.165, 1.54) is 0 Å². The fraction of sp³-hybridized carbons (Fsp3) is 0.316. The van der Waals surface area contributed by atoms with Gasteiger partial charge in [0, 0.05) is 35.9 Å². The summed E-state index contributed by atoms with van der Waals surface area (Å²) in [5.74, 6) is 0.785. The molecule has 5 heteroatoms. The first-order valence-electron chi connectivity index (χ1n) is 8.13. The van der Waals surface area contributed by atoms with E-state index in [1.807, 2.05) is 55.7 Å². The van der Waals surface area contributed by atoms with Crippen LogP contribution in [0.4, 0.5) is 0 Å². The van der Waals surface area contributed by atoms with Gasteiger partial charge in [-0.15, -0.1) is 0 Å². The summed E-state index contributed by atoms with van der Waals surface area (Å²) in [7, 11) is 1.98. The molecule has 24 heavy (non-hydrogen) atoms. The Balaban J connectivity index is 1.55. The van der Waals surface area contributed by atoms with Crippen LogP contribution in [0.1, 0.15) is 18.7 Å². The van der Waals surface area contributed by atoms with Crippen molar-refractivity contribution in [3.05, 3.63) is 60.6 Å². The van der Waals surface area contributed by atoms with Crippen LogP contribution in [0.15, 0.2) is 54.9 Å². The van der Waals surface area contributed by atoms with Gasteiger partial charge >= 0.3 is 0 Å². The van der Waals surface area contributed by atoms with E-state index >= 15 is 0 Å². The van der Waals surface area contributed by atoms with Gasteiger partial charge in [0.1, 0.15) is 18.5 Å². The summed E-state index contributed by atoms with van der Waals surface area (Å²) in [6.07, 6.45) is 3.10. The largest absolute Gasteiger partial charge is 0.490 e. The molecule has 2 atom stereocenters. The third-order valence-electron chi connectivity index (χ3n) is 4.26. The van der Waals surface area contributed by atoms with Crippen molar-refractivity contribution in [2.45, 2.75) is 19.1 Å². The smallest absolute Gasteiger partial charge is 0.128 e. The van der Waals surface area contributed by atoms with E-state index in [9.17, 15) is 5.11 Å². The van der Waals surface area contributed by atoms with Gasteiger partial charge in [0.2, 0.25) is 0 Å². The van der Waals surface area contributed by atoms with Crippen molar-refractivity contribution in [3.63, 3.8) is 0 Å². The van der Waals surface area contributed by atoms with E-state index in [1.54, 1.807) is 6.20 Å². The lowest BCUT2D eigenvalue weighted by Crippen LogP contribution is -2.35. The predicted molar refractivity (Wildman–Crippen MR) is 95.1 cm³/mol. The van der Waals surface area contributed by atoms with Crippen molar-refractivity contribution in [2.75, 3.05) is 20.2 Å². The van der Waals surface area contributed by atoms with Crippen molar-refractivity contribution in [1.82, 2.24) is 14.9 Å². The molecule has 0 bridgehead atoms. The highest BCUT2D eigenvalue weighted by atomic mass is 16.5. The van der Waals surface area contributed by atoms with Gasteiger partial charge in [0.25, 0.3) is 0 Å². The zero-order valence-corrected chi connectivity index (χ0v) is 14.0. The number of pyridine rings is 1. The van der Waals surface area contributed by atoms with Crippen LogP contribution in [0.2, 0.25) is 0 Å². The van der Waals surface area contributed by atoms with Gasteiger partial charge in [-0.1, -0.05) is 12.1 Å². The summed E-state index contributed by atoms with van der Waals surface area (Å²) in [5, 5.41) is 11.3. The lowest BCUT2D eigenvalue weighted by molar-refractivity contribution is 0.0653. The highest BCUT2D eigenvalue weighted by molar-refractivity contribution is 5.85. The minimum atomic E-state index is -0.574. The van der Waals surface area contributed by atoms with E-state index in [-0.39, 0.29) is 12.6 Å². The number of fused-ring (bicyclic) bond motifs is 1. The number of nitrogens with zero attached hydrogens (tertiary/aromatic N) is 2. The highest BCUT2D eigenvalue weighted by Crippen LogP contribution is 2.24. The first kappa shape index (κ1) is 16.5. The lowest BCUT2D eigenvalue weighted by atomic mass is 10.2. The molecule has 0 saturated carbocycles. The van der Waals surface area contributed by atoms with Crippen molar-refractivity contribution >= 4 is 10.9 Å². The van der Waals surface area contributed by atoms with Gasteiger partial charge < -0.3 is 14.8 Å². The van der Waals surface area contributed by atoms with Crippen LogP contribution in [0.3, 0.4) is 0 Å². The van der Waals surface area contributed by atoms with Gasteiger partial charge in [-0.05, 0) is 44.3 Å². The molecule has 0 aliphatic rings. The average molecular weight is 325 g/mol. The van der Waals surface area contributed by atoms with Crippen LogP contribution < -0.4 is 4.74 Å². The zero-order chi connectivity index (χ0) is 16.9. The number of aliphatic hydroxyl groups is 1. The number of aliphatic hydroxyl groups excluding tert-OH is 1. The minimum Gasteiger partial charge on any atom is -0.490 e. The van der Waals surface area contributed by atoms with E-state index in [0.717, 1.165) is 22.3 Å². The van der Waals surface area contributed by atoms with Crippen LogP contribution in [0, 0.1) is 0 Å². The molecule has 2 heterocycles. The molecule has 0 aliphatic carbocycles. The molecule has 0 radical (unpaired) electrons. The summed E-state index contributed by atoms with van der Waals surface area (Å²) in [5.41, 5.74) is 2.02. The maximum atomic E-state index is 10.3. The van der Waals surface area contributed by atoms with Gasteiger partial charge in [-0.2, -0.15) is 0 Å². The van der Waals surface area contributed by atoms with E-state index in [4.69, 9.17) is 4.74 Å². The van der Waals surface area contributed by atoms with Crippen molar-refractivity contribution in [3.8, 4) is 5.75 Å². The van der Waals surface area contributed by atoms with Crippen molar-refractivity contribution < 1.29 is 9.84 Å². The van der Waals surface area contributed by atoms with Crippen molar-refractivity contribution in [2.24, 2.45) is 0 Å². The average Bonchev–Trinajstić information content (AvgIpc) is 3.09. The molecule has 5 nitrogen and oxygen atoms in total. The molecule has 0 amide bonds. The molecule has 3 rings (SSSR count). The topological polar surface area (TPSA) is 61.4 Å². The monoisotopic (exact) mass is 325 g/mol. The minimum absolute atomic E-state index is 0.133. The van der Waals surface area contributed by atoms with E-state index in [2.05, 4.69) is 21.8 Å². The fourth-order valence-corrected chi connectivity index (χ4v) is 2.76. The molecular weight excluding hydrogens is 302 g/mol. The summed E-state index contributed by atoms with van der Waals surface area (Å²) in [4.78, 5) is 9.60. The van der Waals surface area contributed by atoms with E-state index in [0.29, 0.717) is 6.54 Å². The number of rotatable bonds is 7. The normalized spacial score (nSPS) is 14.0. The number of hydrogen-bond donors (Lipinski definition) is 2. The van der Waals surface area contributed by atoms with Gasteiger partial charge in [0.05, 0.1) is 5.69 Å². The summed E-state index contributed by atoms with van der Waals surface area (Å²) in [6.45, 7) is 2.85. The standard InChI is InChI=1S/C19H23N3O2/c1-14(17-6-3-4-10-20-17)22(2)12-15(23)13-24-19-8-5-7-18-16(19)9-11-21-18/h3-11,14-15,21,23H,12-13H2,1-2H3. The summed E-state index contributed by atoms with van der Waals surface area (Å²) < 4.78 is 5.81. The Morgan fingerprint density at radius 1 is 1.21 bits per heavy atom. The second-order valence-corrected chi connectivity index (χ2v) is 6.03. The van der Waals surface area contributed by atoms with E-state index < -0.39 is 6.10 Å². The van der Waals surface area contributed by atoms with Crippen LogP contribution in [-0.2, 0) is 0 Å². The molecule has 0 fully saturated rings. The first-order chi connectivity index (χ1) is 11.6. The van der Waals surface area contributed by atoms with Gasteiger partial charge in [-0.25, -0.2) is 0 Å². The number of likely N-dealkylation sites (N-methyl/N-ethyl adjacent to an activating group) is 1. The number of nitrogens with one attached hydrogen (secondary N) is 1. The third kappa shape index (κ3) is 3.75. The SMILES string of the molecule is CC(c1ccccn1)N(C)CC(O)COc1cccc2[nH]ccc12. The number of H-pyrrole nitrogens is 1. The maximum absolute atomic E-state index is 10.3. The zero-order valence-electron chi connectivity index (χ0n) is 14.0. The molecular formula is C19H23N3O2. The molecule has 1 aromatic carbocycles. The maximum Gasteiger partial charge on any atom is 0.128 e. The van der Waals surface area contributed by atoms with Crippen LogP contribution in [0.5, 0.6) is 5.75 Å². The quantitative estimate of drug-likeness (QED) is 0.701. The molecule has 2 N–H and O–H groups in total. The Labute approximate surface area is 141 Å². The molecule has 2 unspecified atom stereocenters. The van der Waals surface area contributed by atoms with Crippen LogP contribution in [0.25, 0.3) is 10.9 Å². The second-order valence-electron chi connectivity index (χ2n) is 6.03. The molecule has 0 aliphatic heterocycles. The van der Waals surface area contributed by atoms with Gasteiger partial charge in [-0.3, -0.25) is 9.88 Å². The van der Waals surface area contributed by atoms with Crippen LogP contribution >= 0.6 is 0 Å². The highest BCUT2D eigenvalue weighted by Gasteiger charge is 2.17. The second kappa shape index (κ2) is 7.47. The number of aromatic nitrogens is 2. The Hall–Kier alpha value is -2.37. The van der Waals surface area contributed by atoms with Crippen LogP contribution in [-0.4, -0.2) is 46.3 Å². The number of hydrogen-bond acceptors (Lipinski definition) is 4. The molecule has 0 spiro atoms. The van der Waals surface area contributed by atoms with Gasteiger partial charge in [0.15, 0.2) is 0 Å². The first-order valence-corrected chi connectivity index (χ1v) is 8.13. The number of aromatic amines is 1. The Kier molecular flexibility index (Phi) is 5.13. The molecule has 126 valence electrons. The molecule has 3 aromatic rings. The number of ether oxygens (including phenoxy) is 1. The predicted octanol–water partition coefficient (Wildman–Crippen LogP) is 3.00. The molecule has 0 saturated heterocycles. The molecule has 2 aromatic heterocycles. The number of benzene rings is 1. The Morgan fingerprint density at radius 2 is 2.08 bits per heavy atom. The summed E-state index contributed by atoms with van der Waals surface area (Å²) in [6, 6.07) is 13.8. The Morgan fingerprint density at radius 3 is 2.88 bits per heavy atom.